The van der Waals surface area contributed by atoms with E-state index >= 15 is 0 Å². The van der Waals surface area contributed by atoms with E-state index in [1.54, 1.807) is 13.8 Å². The lowest BCUT2D eigenvalue weighted by molar-refractivity contribution is -0.225. The summed E-state index contributed by atoms with van der Waals surface area (Å²) in [7, 11) is 0. The van der Waals surface area contributed by atoms with Crippen molar-refractivity contribution in [2.75, 3.05) is 6.61 Å². The van der Waals surface area contributed by atoms with Crippen LogP contribution in [0.5, 0.6) is 0 Å². The van der Waals surface area contributed by atoms with E-state index in [-0.39, 0.29) is 6.10 Å². The second kappa shape index (κ2) is 6.26. The van der Waals surface area contributed by atoms with Gasteiger partial charge in [0.1, 0.15) is 18.3 Å². The van der Waals surface area contributed by atoms with Crippen molar-refractivity contribution in [2.24, 2.45) is 0 Å². The molecule has 3 saturated heterocycles. The summed E-state index contributed by atoms with van der Waals surface area (Å²) < 4.78 is 29.2. The van der Waals surface area contributed by atoms with Crippen LogP contribution in [0.3, 0.4) is 0 Å². The van der Waals surface area contributed by atoms with Gasteiger partial charge >= 0.3 is 0 Å². The Bertz CT molecular complexity index is 551. The van der Waals surface area contributed by atoms with Gasteiger partial charge in [0.25, 0.3) is 0 Å². The standard InChI is InChI=1S/C16H26N2O7/c1-8(19)18(9(2)20)17-11-12(10-7-21-15(3,4)23-10)22-14-13(11)24-16(5,6)25-14/h10-14,17H,7H2,1-6H3. The van der Waals surface area contributed by atoms with Gasteiger partial charge in [0.05, 0.1) is 12.6 Å². The Morgan fingerprint density at radius 3 is 2.12 bits per heavy atom. The lowest BCUT2D eigenvalue weighted by atomic mass is 10.0. The summed E-state index contributed by atoms with van der Waals surface area (Å²) in [6.07, 6.45) is -2.00. The summed E-state index contributed by atoms with van der Waals surface area (Å²) >= 11 is 0. The van der Waals surface area contributed by atoms with Crippen LogP contribution in [0.15, 0.2) is 0 Å². The van der Waals surface area contributed by atoms with Crippen molar-refractivity contribution >= 4 is 11.8 Å². The molecule has 0 aromatic heterocycles. The van der Waals surface area contributed by atoms with Crippen molar-refractivity contribution in [1.29, 1.82) is 0 Å². The zero-order chi connectivity index (χ0) is 18.6. The highest BCUT2D eigenvalue weighted by atomic mass is 16.8. The van der Waals surface area contributed by atoms with Gasteiger partial charge in [-0.05, 0) is 27.7 Å². The maximum atomic E-state index is 11.8. The number of rotatable bonds is 3. The summed E-state index contributed by atoms with van der Waals surface area (Å²) in [6, 6.07) is -0.512. The monoisotopic (exact) mass is 358 g/mol. The van der Waals surface area contributed by atoms with E-state index in [9.17, 15) is 9.59 Å². The van der Waals surface area contributed by atoms with Crippen molar-refractivity contribution in [3.8, 4) is 0 Å². The zero-order valence-electron chi connectivity index (χ0n) is 15.4. The first kappa shape index (κ1) is 18.7. The lowest BCUT2D eigenvalue weighted by Gasteiger charge is -2.32. The molecule has 0 aliphatic carbocycles. The topological polar surface area (TPSA) is 95.6 Å². The molecule has 0 spiro atoms. The maximum Gasteiger partial charge on any atom is 0.240 e. The summed E-state index contributed by atoms with van der Waals surface area (Å²) in [6.45, 7) is 10.2. The number of nitrogens with one attached hydrogen (secondary N) is 1. The number of carbonyl (C=O) groups is 2. The second-order valence-corrected chi connectivity index (χ2v) is 7.46. The van der Waals surface area contributed by atoms with Gasteiger partial charge in [-0.3, -0.25) is 9.59 Å². The molecule has 2 amide bonds. The predicted molar refractivity (Wildman–Crippen MR) is 83.7 cm³/mol. The highest BCUT2D eigenvalue weighted by Crippen LogP contribution is 2.40. The highest BCUT2D eigenvalue weighted by Gasteiger charge is 2.58. The third-order valence-corrected chi connectivity index (χ3v) is 4.39. The third kappa shape index (κ3) is 3.71. The van der Waals surface area contributed by atoms with Gasteiger partial charge < -0.3 is 23.7 Å². The van der Waals surface area contributed by atoms with E-state index < -0.39 is 47.9 Å². The molecule has 0 radical (unpaired) electrons. The summed E-state index contributed by atoms with van der Waals surface area (Å²) in [4.78, 5) is 23.6. The van der Waals surface area contributed by atoms with E-state index in [1.165, 1.54) is 13.8 Å². The third-order valence-electron chi connectivity index (χ3n) is 4.39. The molecule has 5 unspecified atom stereocenters. The molecule has 0 saturated carbocycles. The van der Waals surface area contributed by atoms with Crippen LogP contribution in [0.25, 0.3) is 0 Å². The van der Waals surface area contributed by atoms with Gasteiger partial charge in [-0.15, -0.1) is 0 Å². The molecule has 5 atom stereocenters. The van der Waals surface area contributed by atoms with Gasteiger partial charge in [-0.1, -0.05) is 0 Å². The van der Waals surface area contributed by atoms with E-state index in [4.69, 9.17) is 23.7 Å². The molecule has 9 heteroatoms. The van der Waals surface area contributed by atoms with Crippen LogP contribution in [0.4, 0.5) is 0 Å². The molecule has 9 nitrogen and oxygen atoms in total. The van der Waals surface area contributed by atoms with Gasteiger partial charge in [0, 0.05) is 13.8 Å². The Morgan fingerprint density at radius 2 is 1.60 bits per heavy atom. The quantitative estimate of drug-likeness (QED) is 0.719. The molecule has 3 fully saturated rings. The molecule has 1 N–H and O–H groups in total. The summed E-state index contributed by atoms with van der Waals surface area (Å²) in [5.74, 6) is -2.38. The fraction of sp³-hybridized carbons (Fsp3) is 0.875. The van der Waals surface area contributed by atoms with E-state index in [0.29, 0.717) is 6.61 Å². The fourth-order valence-electron chi connectivity index (χ4n) is 3.43. The molecule has 142 valence electrons. The van der Waals surface area contributed by atoms with Crippen LogP contribution in [0.2, 0.25) is 0 Å². The van der Waals surface area contributed by atoms with Crippen molar-refractivity contribution in [3.05, 3.63) is 0 Å². The Labute approximate surface area is 146 Å². The van der Waals surface area contributed by atoms with Crippen molar-refractivity contribution in [3.63, 3.8) is 0 Å². The van der Waals surface area contributed by atoms with Crippen LogP contribution in [-0.2, 0) is 33.3 Å². The van der Waals surface area contributed by atoms with Crippen LogP contribution < -0.4 is 5.43 Å². The highest BCUT2D eigenvalue weighted by molar-refractivity contribution is 5.92. The zero-order valence-corrected chi connectivity index (χ0v) is 15.4. The molecule has 0 bridgehead atoms. The Kier molecular flexibility index (Phi) is 4.68. The lowest BCUT2D eigenvalue weighted by Crippen LogP contribution is -2.58. The maximum absolute atomic E-state index is 11.8. The number of hydrazine groups is 1. The van der Waals surface area contributed by atoms with Crippen molar-refractivity contribution < 1.29 is 33.3 Å². The summed E-state index contributed by atoms with van der Waals surface area (Å²) in [5, 5.41) is 0.957. The fourth-order valence-corrected chi connectivity index (χ4v) is 3.43. The number of imide groups is 1. The second-order valence-electron chi connectivity index (χ2n) is 7.46. The van der Waals surface area contributed by atoms with E-state index in [2.05, 4.69) is 5.43 Å². The minimum absolute atomic E-state index is 0.332. The number of nitrogens with zero attached hydrogens (tertiary/aromatic N) is 1. The molecule has 25 heavy (non-hydrogen) atoms. The minimum atomic E-state index is -0.816. The average Bonchev–Trinajstić information content (AvgIpc) is 3.05. The molecule has 3 heterocycles. The van der Waals surface area contributed by atoms with Crippen molar-refractivity contribution in [1.82, 2.24) is 10.4 Å². The number of ether oxygens (including phenoxy) is 5. The largest absolute Gasteiger partial charge is 0.348 e. The number of hydrogen-bond acceptors (Lipinski definition) is 8. The minimum Gasteiger partial charge on any atom is -0.348 e. The predicted octanol–water partition coefficient (Wildman–Crippen LogP) is 0.283. The first-order valence-corrected chi connectivity index (χ1v) is 8.39. The Hall–Kier alpha value is -1.10. The number of carbonyl (C=O) groups excluding carboxylic acids is 2. The first-order valence-electron chi connectivity index (χ1n) is 8.39. The first-order chi connectivity index (χ1) is 11.5. The number of fused-ring (bicyclic) bond motifs is 1. The van der Waals surface area contributed by atoms with Gasteiger partial charge in [-0.2, -0.15) is 0 Å². The van der Waals surface area contributed by atoms with Crippen LogP contribution in [-0.4, -0.2) is 65.6 Å². The number of amides is 2. The van der Waals surface area contributed by atoms with E-state index in [0.717, 1.165) is 5.01 Å². The SMILES string of the molecule is CC(=O)N(NC1C(C2COC(C)(C)O2)OC2OC(C)(C)OC21)C(C)=O. The summed E-state index contributed by atoms with van der Waals surface area (Å²) in [5.41, 5.74) is 2.95. The van der Waals surface area contributed by atoms with Gasteiger partial charge in [0.15, 0.2) is 17.9 Å². The van der Waals surface area contributed by atoms with Gasteiger partial charge in [0.2, 0.25) is 11.8 Å². The normalized spacial score (nSPS) is 38.6. The molecule has 3 aliphatic rings. The molecule has 3 rings (SSSR count). The Morgan fingerprint density at radius 1 is 0.960 bits per heavy atom. The average molecular weight is 358 g/mol. The smallest absolute Gasteiger partial charge is 0.240 e. The molecular formula is C16H26N2O7. The van der Waals surface area contributed by atoms with E-state index in [1.807, 2.05) is 13.8 Å². The van der Waals surface area contributed by atoms with Crippen LogP contribution in [0.1, 0.15) is 41.5 Å². The molecule has 3 aliphatic heterocycles. The van der Waals surface area contributed by atoms with Crippen LogP contribution in [0, 0.1) is 0 Å². The van der Waals surface area contributed by atoms with Crippen LogP contribution >= 0.6 is 0 Å². The molecule has 0 aromatic rings. The van der Waals surface area contributed by atoms with Gasteiger partial charge in [-0.25, -0.2) is 10.4 Å². The molecule has 0 aromatic carbocycles. The molecular weight excluding hydrogens is 332 g/mol. The van der Waals surface area contributed by atoms with Crippen molar-refractivity contribution in [2.45, 2.75) is 83.8 Å². The number of hydrogen-bond donors (Lipinski definition) is 1. The Balaban J connectivity index is 1.82.